The summed E-state index contributed by atoms with van der Waals surface area (Å²) in [4.78, 5) is 23.9. The zero-order valence-corrected chi connectivity index (χ0v) is 13.8. The average molecular weight is 374 g/mol. The molecule has 24 heavy (non-hydrogen) atoms. The molecule has 2 aromatic rings. The van der Waals surface area contributed by atoms with Gasteiger partial charge in [-0.15, -0.1) is 0 Å². The lowest BCUT2D eigenvalue weighted by Crippen LogP contribution is -2.30. The van der Waals surface area contributed by atoms with Crippen molar-refractivity contribution in [3.05, 3.63) is 63.6 Å². The SMILES string of the molecule is C[C@H](OC(=O)c1c(F)cccc1F)C(=O)Nc1cc(Cl)ccc1Cl. The van der Waals surface area contributed by atoms with Gasteiger partial charge in [-0.1, -0.05) is 29.3 Å². The fourth-order valence-electron chi connectivity index (χ4n) is 1.79. The first-order valence-corrected chi connectivity index (χ1v) is 7.46. The summed E-state index contributed by atoms with van der Waals surface area (Å²) in [6.07, 6.45) is -1.31. The topological polar surface area (TPSA) is 55.4 Å². The van der Waals surface area contributed by atoms with Gasteiger partial charge in [0.2, 0.25) is 0 Å². The van der Waals surface area contributed by atoms with E-state index >= 15 is 0 Å². The summed E-state index contributed by atoms with van der Waals surface area (Å²) >= 11 is 11.7. The second-order valence-electron chi connectivity index (χ2n) is 4.76. The van der Waals surface area contributed by atoms with Crippen molar-refractivity contribution in [3.63, 3.8) is 0 Å². The molecule has 8 heteroatoms. The normalized spacial score (nSPS) is 11.7. The number of amides is 1. The number of anilines is 1. The molecule has 4 nitrogen and oxygen atoms in total. The van der Waals surface area contributed by atoms with Crippen LogP contribution in [0.15, 0.2) is 36.4 Å². The summed E-state index contributed by atoms with van der Waals surface area (Å²) in [6.45, 7) is 1.25. The lowest BCUT2D eigenvalue weighted by atomic mass is 10.2. The van der Waals surface area contributed by atoms with Gasteiger partial charge in [-0.05, 0) is 37.3 Å². The van der Waals surface area contributed by atoms with Crippen LogP contribution in [0.1, 0.15) is 17.3 Å². The van der Waals surface area contributed by atoms with Crippen LogP contribution < -0.4 is 5.32 Å². The van der Waals surface area contributed by atoms with Crippen molar-refractivity contribution in [3.8, 4) is 0 Å². The van der Waals surface area contributed by atoms with Gasteiger partial charge in [0.05, 0.1) is 10.7 Å². The molecule has 2 aromatic carbocycles. The molecular weight excluding hydrogens is 363 g/mol. The first-order valence-electron chi connectivity index (χ1n) is 6.70. The molecule has 0 radical (unpaired) electrons. The molecule has 0 saturated heterocycles. The number of hydrogen-bond acceptors (Lipinski definition) is 3. The maximum atomic E-state index is 13.5. The Morgan fingerprint density at radius 2 is 1.75 bits per heavy atom. The number of rotatable bonds is 4. The highest BCUT2D eigenvalue weighted by Crippen LogP contribution is 2.25. The van der Waals surface area contributed by atoms with Crippen molar-refractivity contribution in [1.29, 1.82) is 0 Å². The third-order valence-corrected chi connectivity index (χ3v) is 3.57. The lowest BCUT2D eigenvalue weighted by molar-refractivity contribution is -0.123. The van der Waals surface area contributed by atoms with Gasteiger partial charge in [-0.2, -0.15) is 0 Å². The fourth-order valence-corrected chi connectivity index (χ4v) is 2.13. The number of carbonyl (C=O) groups excluding carboxylic acids is 2. The predicted octanol–water partition coefficient (Wildman–Crippen LogP) is 4.46. The summed E-state index contributed by atoms with van der Waals surface area (Å²) in [5.74, 6) is -4.18. The molecule has 2 rings (SSSR count). The molecule has 0 aromatic heterocycles. The van der Waals surface area contributed by atoms with Crippen LogP contribution in [0.2, 0.25) is 10.0 Å². The van der Waals surface area contributed by atoms with Crippen LogP contribution in [0.4, 0.5) is 14.5 Å². The van der Waals surface area contributed by atoms with Crippen molar-refractivity contribution < 1.29 is 23.1 Å². The van der Waals surface area contributed by atoms with Crippen molar-refractivity contribution in [2.24, 2.45) is 0 Å². The molecule has 0 aliphatic heterocycles. The monoisotopic (exact) mass is 373 g/mol. The molecule has 0 aliphatic carbocycles. The Bertz CT molecular complexity index is 779. The van der Waals surface area contributed by atoms with Crippen LogP contribution in [0, 0.1) is 11.6 Å². The number of nitrogens with one attached hydrogen (secondary N) is 1. The average Bonchev–Trinajstić information content (AvgIpc) is 2.50. The molecule has 1 atom stereocenters. The summed E-state index contributed by atoms with van der Waals surface area (Å²) < 4.78 is 31.8. The van der Waals surface area contributed by atoms with Gasteiger partial charge in [0.15, 0.2) is 6.10 Å². The molecule has 0 fully saturated rings. The smallest absolute Gasteiger partial charge is 0.344 e. The van der Waals surface area contributed by atoms with Gasteiger partial charge in [-0.3, -0.25) is 4.79 Å². The lowest BCUT2D eigenvalue weighted by Gasteiger charge is -2.15. The Hall–Kier alpha value is -2.18. The number of esters is 1. The van der Waals surface area contributed by atoms with Crippen molar-refractivity contribution in [2.45, 2.75) is 13.0 Å². The van der Waals surface area contributed by atoms with Crippen molar-refractivity contribution in [2.75, 3.05) is 5.32 Å². The van der Waals surface area contributed by atoms with Crippen LogP contribution in [0.25, 0.3) is 0 Å². The highest BCUT2D eigenvalue weighted by atomic mass is 35.5. The van der Waals surface area contributed by atoms with Crippen LogP contribution in [0.3, 0.4) is 0 Å². The van der Waals surface area contributed by atoms with E-state index in [0.29, 0.717) is 5.02 Å². The molecule has 126 valence electrons. The Kier molecular flexibility index (Phi) is 5.75. The van der Waals surface area contributed by atoms with Crippen LogP contribution in [0.5, 0.6) is 0 Å². The van der Waals surface area contributed by atoms with E-state index in [-0.39, 0.29) is 10.7 Å². The summed E-state index contributed by atoms with van der Waals surface area (Å²) in [5, 5.41) is 2.99. The minimum absolute atomic E-state index is 0.217. The summed E-state index contributed by atoms with van der Waals surface area (Å²) in [5.41, 5.74) is -0.646. The maximum absolute atomic E-state index is 13.5. The Morgan fingerprint density at radius 1 is 1.12 bits per heavy atom. The quantitative estimate of drug-likeness (QED) is 0.805. The molecule has 0 unspecified atom stereocenters. The zero-order valence-electron chi connectivity index (χ0n) is 12.3. The first kappa shape index (κ1) is 18.2. The number of carbonyl (C=O) groups is 2. The second-order valence-corrected chi connectivity index (χ2v) is 5.60. The molecule has 0 aliphatic rings. The molecular formula is C16H11Cl2F2NO3. The molecule has 0 saturated carbocycles. The minimum atomic E-state index is -1.31. The van der Waals surface area contributed by atoms with Gasteiger partial charge < -0.3 is 10.1 Å². The molecule has 0 spiro atoms. The summed E-state index contributed by atoms with van der Waals surface area (Å²) in [7, 11) is 0. The van der Waals surface area contributed by atoms with Gasteiger partial charge >= 0.3 is 5.97 Å². The van der Waals surface area contributed by atoms with Gasteiger partial charge in [-0.25, -0.2) is 13.6 Å². The third-order valence-electron chi connectivity index (χ3n) is 3.01. The van der Waals surface area contributed by atoms with Gasteiger partial charge in [0.25, 0.3) is 5.91 Å². The molecule has 1 N–H and O–H groups in total. The van der Waals surface area contributed by atoms with Crippen molar-refractivity contribution >= 4 is 40.8 Å². The zero-order chi connectivity index (χ0) is 17.9. The number of hydrogen-bond donors (Lipinski definition) is 1. The van der Waals surface area contributed by atoms with E-state index in [1.54, 1.807) is 0 Å². The maximum Gasteiger partial charge on any atom is 0.344 e. The fraction of sp³-hybridized carbons (Fsp3) is 0.125. The Labute approximate surface area is 146 Å². The van der Waals surface area contributed by atoms with E-state index in [2.05, 4.69) is 5.32 Å². The standard InChI is InChI=1S/C16H11Cl2F2NO3/c1-8(15(22)21-13-7-9(17)5-6-10(13)18)24-16(23)14-11(19)3-2-4-12(14)20/h2-8H,1H3,(H,21,22)/t8-/m0/s1. The number of benzene rings is 2. The van der Waals surface area contributed by atoms with E-state index in [1.807, 2.05) is 0 Å². The highest BCUT2D eigenvalue weighted by molar-refractivity contribution is 6.35. The summed E-state index contributed by atoms with van der Waals surface area (Å²) in [6, 6.07) is 7.35. The Balaban J connectivity index is 2.09. The first-order chi connectivity index (χ1) is 11.3. The Morgan fingerprint density at radius 3 is 2.38 bits per heavy atom. The number of halogens is 4. The molecule has 1 amide bonds. The van der Waals surface area contributed by atoms with Gasteiger partial charge in [0.1, 0.15) is 17.2 Å². The van der Waals surface area contributed by atoms with Gasteiger partial charge in [0, 0.05) is 5.02 Å². The number of ether oxygens (including phenoxy) is 1. The van der Waals surface area contributed by atoms with E-state index in [1.165, 1.54) is 25.1 Å². The van der Waals surface area contributed by atoms with E-state index in [4.69, 9.17) is 27.9 Å². The van der Waals surface area contributed by atoms with E-state index < -0.39 is 35.2 Å². The molecule has 0 bridgehead atoms. The van der Waals surface area contributed by atoms with Crippen LogP contribution >= 0.6 is 23.2 Å². The second kappa shape index (κ2) is 7.59. The van der Waals surface area contributed by atoms with Crippen LogP contribution in [-0.2, 0) is 9.53 Å². The third kappa shape index (κ3) is 4.21. The molecule has 0 heterocycles. The van der Waals surface area contributed by atoms with Crippen LogP contribution in [-0.4, -0.2) is 18.0 Å². The van der Waals surface area contributed by atoms with E-state index in [0.717, 1.165) is 18.2 Å². The predicted molar refractivity (Wildman–Crippen MR) is 86.3 cm³/mol. The largest absolute Gasteiger partial charge is 0.449 e. The highest BCUT2D eigenvalue weighted by Gasteiger charge is 2.24. The van der Waals surface area contributed by atoms with Crippen molar-refractivity contribution in [1.82, 2.24) is 0 Å². The van der Waals surface area contributed by atoms with E-state index in [9.17, 15) is 18.4 Å². The minimum Gasteiger partial charge on any atom is -0.449 e.